The first-order valence-electron chi connectivity index (χ1n) is 10.2. The van der Waals surface area contributed by atoms with Crippen molar-refractivity contribution in [3.05, 3.63) is 57.9 Å². The molecular weight excluding hydrogens is 380 g/mol. The first kappa shape index (κ1) is 20.0. The van der Waals surface area contributed by atoms with Crippen molar-refractivity contribution in [2.24, 2.45) is 0 Å². The summed E-state index contributed by atoms with van der Waals surface area (Å²) in [4.78, 5) is 26.3. The second kappa shape index (κ2) is 8.20. The number of likely N-dealkylation sites (N-methyl/N-ethyl adjacent to an activating group) is 1. The monoisotopic (exact) mass is 408 g/mol. The molecule has 3 aromatic rings. The van der Waals surface area contributed by atoms with Crippen LogP contribution in [0.2, 0.25) is 0 Å². The van der Waals surface area contributed by atoms with E-state index in [0.717, 1.165) is 38.6 Å². The molecule has 0 spiro atoms. The van der Waals surface area contributed by atoms with Crippen LogP contribution in [0.25, 0.3) is 10.2 Å². The number of hydrogen-bond acceptors (Lipinski definition) is 5. The molecule has 0 aliphatic heterocycles. The zero-order valence-electron chi connectivity index (χ0n) is 17.5. The van der Waals surface area contributed by atoms with Gasteiger partial charge in [0.2, 0.25) is 0 Å². The predicted molar refractivity (Wildman–Crippen MR) is 119 cm³/mol. The van der Waals surface area contributed by atoms with Crippen LogP contribution in [0.5, 0.6) is 0 Å². The first-order valence-corrected chi connectivity index (χ1v) is 11.0. The fraction of sp³-hybridized carbons (Fsp3) is 0.435. The van der Waals surface area contributed by atoms with Crippen molar-refractivity contribution in [1.29, 1.82) is 0 Å². The zero-order chi connectivity index (χ0) is 20.5. The van der Waals surface area contributed by atoms with Crippen LogP contribution in [0, 0.1) is 13.8 Å². The maximum absolute atomic E-state index is 13.0. The number of nitrogens with zero attached hydrogens (tertiary/aromatic N) is 3. The van der Waals surface area contributed by atoms with E-state index < -0.39 is 0 Å². The highest BCUT2D eigenvalue weighted by molar-refractivity contribution is 7.20. The van der Waals surface area contributed by atoms with E-state index in [1.807, 2.05) is 19.9 Å². The minimum absolute atomic E-state index is 0.0159. The number of rotatable bonds is 7. The third-order valence-electron chi connectivity index (χ3n) is 5.68. The number of aryl methyl sites for hydroxylation is 2. The van der Waals surface area contributed by atoms with E-state index in [1.54, 1.807) is 0 Å². The molecule has 4 rings (SSSR count). The van der Waals surface area contributed by atoms with Crippen LogP contribution in [-0.2, 0) is 6.42 Å². The Morgan fingerprint density at radius 2 is 1.93 bits per heavy atom. The van der Waals surface area contributed by atoms with Crippen molar-refractivity contribution in [3.63, 3.8) is 0 Å². The smallest absolute Gasteiger partial charge is 0.261 e. The third-order valence-corrected chi connectivity index (χ3v) is 6.86. The lowest BCUT2D eigenvalue weighted by atomic mass is 10.1. The van der Waals surface area contributed by atoms with Gasteiger partial charge in [-0.1, -0.05) is 30.3 Å². The second-order valence-electron chi connectivity index (χ2n) is 8.20. The quantitative estimate of drug-likeness (QED) is 0.640. The summed E-state index contributed by atoms with van der Waals surface area (Å²) in [6.45, 7) is 4.64. The van der Waals surface area contributed by atoms with Crippen LogP contribution >= 0.6 is 11.3 Å². The summed E-state index contributed by atoms with van der Waals surface area (Å²) in [6, 6.07) is 10.6. The largest absolute Gasteiger partial charge is 0.350 e. The normalized spacial score (nSPS) is 15.1. The van der Waals surface area contributed by atoms with E-state index in [1.165, 1.54) is 29.7 Å². The molecule has 1 aliphatic carbocycles. The van der Waals surface area contributed by atoms with Crippen molar-refractivity contribution >= 4 is 27.5 Å². The van der Waals surface area contributed by atoms with Crippen LogP contribution in [-0.4, -0.2) is 47.5 Å². The van der Waals surface area contributed by atoms with E-state index in [0.29, 0.717) is 12.5 Å². The molecule has 1 atom stereocenters. The molecule has 1 fully saturated rings. The first-order chi connectivity index (χ1) is 13.9. The summed E-state index contributed by atoms with van der Waals surface area (Å²) in [6.07, 6.45) is 3.25. The Labute approximate surface area is 176 Å². The molecule has 0 bridgehead atoms. The van der Waals surface area contributed by atoms with Crippen molar-refractivity contribution in [1.82, 2.24) is 20.2 Å². The number of fused-ring (bicyclic) bond motifs is 1. The van der Waals surface area contributed by atoms with Gasteiger partial charge in [-0.05, 0) is 58.3 Å². The lowest BCUT2D eigenvalue weighted by Crippen LogP contribution is -2.41. The molecule has 0 radical (unpaired) electrons. The maximum atomic E-state index is 13.0. The van der Waals surface area contributed by atoms with Gasteiger partial charge in [0.05, 0.1) is 10.6 Å². The van der Waals surface area contributed by atoms with Crippen LogP contribution in [0.4, 0.5) is 0 Å². The predicted octanol–water partition coefficient (Wildman–Crippen LogP) is 4.09. The highest BCUT2D eigenvalue weighted by Crippen LogP contribution is 2.40. The summed E-state index contributed by atoms with van der Waals surface area (Å²) in [7, 11) is 4.12. The Hall–Kier alpha value is -2.31. The summed E-state index contributed by atoms with van der Waals surface area (Å²) >= 11 is 1.49. The molecule has 1 unspecified atom stereocenters. The number of nitrogens with one attached hydrogen (secondary N) is 1. The van der Waals surface area contributed by atoms with Crippen molar-refractivity contribution in [2.45, 2.75) is 45.1 Å². The average molecular weight is 409 g/mol. The third kappa shape index (κ3) is 4.33. The Bertz CT molecular complexity index is 1020. The molecule has 1 aliphatic rings. The van der Waals surface area contributed by atoms with Crippen LogP contribution in [0.3, 0.4) is 0 Å². The van der Waals surface area contributed by atoms with Gasteiger partial charge in [0.15, 0.2) is 0 Å². The van der Waals surface area contributed by atoms with Crippen molar-refractivity contribution in [2.75, 3.05) is 20.6 Å². The van der Waals surface area contributed by atoms with Gasteiger partial charge in [0, 0.05) is 23.9 Å². The molecule has 0 saturated heterocycles. The van der Waals surface area contributed by atoms with Gasteiger partial charge < -0.3 is 10.2 Å². The second-order valence-corrected chi connectivity index (χ2v) is 9.19. The molecule has 1 aromatic carbocycles. The topological polar surface area (TPSA) is 58.1 Å². The summed E-state index contributed by atoms with van der Waals surface area (Å²) in [5, 5.41) is 4.19. The molecule has 5 nitrogen and oxygen atoms in total. The number of benzene rings is 1. The van der Waals surface area contributed by atoms with Crippen LogP contribution in [0.15, 0.2) is 30.3 Å². The number of aromatic nitrogens is 2. The molecular formula is C23H28N4OS. The summed E-state index contributed by atoms with van der Waals surface area (Å²) < 4.78 is 0. The fourth-order valence-corrected chi connectivity index (χ4v) is 4.87. The zero-order valence-corrected chi connectivity index (χ0v) is 18.3. The Morgan fingerprint density at radius 3 is 2.59 bits per heavy atom. The number of amides is 1. The van der Waals surface area contributed by atoms with Crippen molar-refractivity contribution in [3.8, 4) is 0 Å². The molecule has 29 heavy (non-hydrogen) atoms. The molecule has 1 amide bonds. The molecule has 1 N–H and O–H groups in total. The molecule has 1 saturated carbocycles. The maximum Gasteiger partial charge on any atom is 0.261 e. The summed E-state index contributed by atoms with van der Waals surface area (Å²) in [5.74, 6) is 1.44. The van der Waals surface area contributed by atoms with E-state index in [4.69, 9.17) is 9.97 Å². The van der Waals surface area contributed by atoms with Gasteiger partial charge in [0.25, 0.3) is 5.91 Å². The lowest BCUT2D eigenvalue weighted by Gasteiger charge is -2.24. The Balaban J connectivity index is 1.50. The lowest BCUT2D eigenvalue weighted by molar-refractivity contribution is 0.0945. The number of carbonyl (C=O) groups is 1. The molecule has 152 valence electrons. The van der Waals surface area contributed by atoms with Gasteiger partial charge in [-0.2, -0.15) is 0 Å². The molecule has 2 aromatic heterocycles. The van der Waals surface area contributed by atoms with Gasteiger partial charge in [-0.3, -0.25) is 4.79 Å². The Kier molecular flexibility index (Phi) is 5.65. The SMILES string of the molecule is Cc1nc(C2CC2)nc2sc(C(=O)NCC(Cc3ccccc3)N(C)C)c(C)c12. The van der Waals surface area contributed by atoms with Crippen molar-refractivity contribution < 1.29 is 4.79 Å². The highest BCUT2D eigenvalue weighted by atomic mass is 32.1. The van der Waals surface area contributed by atoms with Gasteiger partial charge in [-0.25, -0.2) is 9.97 Å². The van der Waals surface area contributed by atoms with Crippen LogP contribution < -0.4 is 5.32 Å². The average Bonchev–Trinajstić information content (AvgIpc) is 3.49. The van der Waals surface area contributed by atoms with Crippen LogP contribution in [0.1, 0.15) is 51.1 Å². The minimum atomic E-state index is -0.0159. The van der Waals surface area contributed by atoms with E-state index in [2.05, 4.69) is 48.6 Å². The van der Waals surface area contributed by atoms with Gasteiger partial charge in [-0.15, -0.1) is 11.3 Å². The van der Waals surface area contributed by atoms with E-state index >= 15 is 0 Å². The Morgan fingerprint density at radius 1 is 1.21 bits per heavy atom. The fourth-order valence-electron chi connectivity index (χ4n) is 3.71. The summed E-state index contributed by atoms with van der Waals surface area (Å²) in [5.41, 5.74) is 3.25. The standard InChI is InChI=1S/C23H28N4OS/c1-14-19-15(2)25-21(17-10-11-17)26-23(19)29-20(14)22(28)24-13-18(27(3)4)12-16-8-6-5-7-9-16/h5-9,17-18H,10-13H2,1-4H3,(H,24,28). The number of thiophene rings is 1. The number of carbonyl (C=O) groups excluding carboxylic acids is 1. The minimum Gasteiger partial charge on any atom is -0.350 e. The van der Waals surface area contributed by atoms with Gasteiger partial charge >= 0.3 is 0 Å². The highest BCUT2D eigenvalue weighted by Gasteiger charge is 2.28. The number of hydrogen-bond donors (Lipinski definition) is 1. The van der Waals surface area contributed by atoms with E-state index in [-0.39, 0.29) is 11.9 Å². The van der Waals surface area contributed by atoms with E-state index in [9.17, 15) is 4.79 Å². The molecule has 2 heterocycles. The van der Waals surface area contributed by atoms with Gasteiger partial charge in [0.1, 0.15) is 10.7 Å². The molecule has 6 heteroatoms.